The van der Waals surface area contributed by atoms with Gasteiger partial charge in [-0.3, -0.25) is 9.69 Å². The van der Waals surface area contributed by atoms with Crippen LogP contribution in [-0.4, -0.2) is 27.5 Å². The van der Waals surface area contributed by atoms with Crippen LogP contribution < -0.4 is 0 Å². The number of rotatable bonds is 13. The van der Waals surface area contributed by atoms with Crippen molar-refractivity contribution >= 4 is 45.5 Å². The summed E-state index contributed by atoms with van der Waals surface area (Å²) < 4.78 is 0. The number of aromatic nitrogens is 1. The zero-order valence-corrected chi connectivity index (χ0v) is 22.6. The topological polar surface area (TPSA) is 48.5 Å². The van der Waals surface area contributed by atoms with Gasteiger partial charge in [0.25, 0.3) is 5.91 Å². The quantitative estimate of drug-likeness (QED) is 0.188. The van der Waals surface area contributed by atoms with E-state index in [4.69, 9.17) is 4.99 Å². The van der Waals surface area contributed by atoms with E-state index in [1.165, 1.54) is 68.7 Å². The molecule has 1 N–H and O–H groups in total. The van der Waals surface area contributed by atoms with E-state index in [1.54, 1.807) is 0 Å². The number of hydrogen-bond donors (Lipinski definition) is 1. The van der Waals surface area contributed by atoms with Crippen molar-refractivity contribution in [3.05, 3.63) is 70.8 Å². The lowest BCUT2D eigenvalue weighted by atomic mass is 10.1. The fraction of sp³-hybridized carbons (Fsp3) is 0.419. The molecule has 5 heteroatoms. The first-order chi connectivity index (χ1) is 17.6. The van der Waals surface area contributed by atoms with Crippen LogP contribution in [-0.2, 0) is 4.79 Å². The molecule has 2 aromatic carbocycles. The zero-order valence-electron chi connectivity index (χ0n) is 21.8. The average molecular weight is 502 g/mol. The molecular weight excluding hydrogens is 462 g/mol. The highest BCUT2D eigenvalue weighted by atomic mass is 32.2. The summed E-state index contributed by atoms with van der Waals surface area (Å²) in [5.41, 5.74) is 4.23. The number of benzene rings is 2. The van der Waals surface area contributed by atoms with E-state index in [9.17, 15) is 4.79 Å². The Morgan fingerprint density at radius 2 is 1.58 bits per heavy atom. The van der Waals surface area contributed by atoms with Crippen molar-refractivity contribution in [2.75, 3.05) is 6.54 Å². The molecule has 36 heavy (non-hydrogen) atoms. The first kappa shape index (κ1) is 26.3. The maximum atomic E-state index is 13.4. The van der Waals surface area contributed by atoms with Gasteiger partial charge in [-0.2, -0.15) is 0 Å². The largest absolute Gasteiger partial charge is 0.361 e. The molecule has 0 radical (unpaired) electrons. The minimum absolute atomic E-state index is 0.0657. The first-order valence-corrected chi connectivity index (χ1v) is 14.4. The number of nitrogens with one attached hydrogen (secondary N) is 1. The summed E-state index contributed by atoms with van der Waals surface area (Å²) in [4.78, 5) is 24.1. The van der Waals surface area contributed by atoms with E-state index in [0.717, 1.165) is 51.6 Å². The summed E-state index contributed by atoms with van der Waals surface area (Å²) in [7, 11) is 0. The number of carbonyl (C=O) groups excluding carboxylic acids is 1. The van der Waals surface area contributed by atoms with Gasteiger partial charge in [0.15, 0.2) is 5.17 Å². The van der Waals surface area contributed by atoms with Gasteiger partial charge in [-0.25, -0.2) is 4.99 Å². The number of carbonyl (C=O) groups is 1. The molecule has 0 unspecified atom stereocenters. The molecule has 1 amide bonds. The van der Waals surface area contributed by atoms with Gasteiger partial charge >= 0.3 is 0 Å². The van der Waals surface area contributed by atoms with Gasteiger partial charge in [0.1, 0.15) is 0 Å². The maximum absolute atomic E-state index is 13.4. The summed E-state index contributed by atoms with van der Waals surface area (Å²) in [5.74, 6) is 0.0657. The molecule has 2 heterocycles. The van der Waals surface area contributed by atoms with Crippen LogP contribution >= 0.6 is 11.8 Å². The Balaban J connectivity index is 1.39. The third-order valence-electron chi connectivity index (χ3n) is 6.76. The van der Waals surface area contributed by atoms with Crippen LogP contribution in [0.1, 0.15) is 82.3 Å². The van der Waals surface area contributed by atoms with Gasteiger partial charge in [0, 0.05) is 18.3 Å². The molecular formula is C31H39N3OS. The van der Waals surface area contributed by atoms with E-state index in [-0.39, 0.29) is 5.91 Å². The smallest absolute Gasteiger partial charge is 0.266 e. The lowest BCUT2D eigenvalue weighted by molar-refractivity contribution is -0.122. The van der Waals surface area contributed by atoms with Crippen LogP contribution in [0.5, 0.6) is 0 Å². The van der Waals surface area contributed by atoms with Crippen LogP contribution in [0.15, 0.2) is 64.6 Å². The molecule has 1 aliphatic heterocycles. The van der Waals surface area contributed by atoms with Crippen molar-refractivity contribution < 1.29 is 4.79 Å². The molecule has 4 nitrogen and oxygen atoms in total. The lowest BCUT2D eigenvalue weighted by Gasteiger charge is -2.15. The number of aliphatic imine (C=N–C) groups is 1. The molecule has 0 aliphatic carbocycles. The van der Waals surface area contributed by atoms with E-state index >= 15 is 0 Å². The number of nitrogens with zero attached hydrogens (tertiary/aromatic N) is 2. The summed E-state index contributed by atoms with van der Waals surface area (Å²) >= 11 is 1.49. The number of unbranched alkanes of at least 4 members (excludes halogenated alkanes) is 9. The van der Waals surface area contributed by atoms with Crippen molar-refractivity contribution in [2.24, 2.45) is 4.99 Å². The van der Waals surface area contributed by atoms with Crippen LogP contribution in [0, 0.1) is 6.92 Å². The SMILES string of the molecule is CCCCCCCCCCCCN1C(=O)C(=Cc2ccc3[nH]ccc3c2)SC1=Nc1ccc(C)cc1. The fourth-order valence-corrected chi connectivity index (χ4v) is 5.61. The Hall–Kier alpha value is -2.79. The van der Waals surface area contributed by atoms with Gasteiger partial charge in [-0.1, -0.05) is 88.5 Å². The molecule has 1 aliphatic rings. The maximum Gasteiger partial charge on any atom is 0.266 e. The molecule has 0 saturated carbocycles. The number of fused-ring (bicyclic) bond motifs is 1. The van der Waals surface area contributed by atoms with Gasteiger partial charge in [-0.15, -0.1) is 0 Å². The van der Waals surface area contributed by atoms with Crippen molar-refractivity contribution in [2.45, 2.75) is 78.1 Å². The van der Waals surface area contributed by atoms with Crippen LogP contribution in [0.25, 0.3) is 17.0 Å². The Labute approximate surface area is 220 Å². The van der Waals surface area contributed by atoms with Crippen molar-refractivity contribution in [1.82, 2.24) is 9.88 Å². The Bertz CT molecular complexity index is 1190. The number of thioether (sulfide) groups is 1. The standard InChI is InChI=1S/C31H39N3OS/c1-3-4-5-6-7-8-9-10-11-12-21-34-30(35)29(23-25-15-18-28-26(22-25)19-20-32-28)36-31(34)33-27-16-13-24(2)14-17-27/h13-20,22-23,32H,3-12,21H2,1-2H3. The number of hydrogen-bond acceptors (Lipinski definition) is 3. The van der Waals surface area contributed by atoms with Crippen molar-refractivity contribution in [3.8, 4) is 0 Å². The summed E-state index contributed by atoms with van der Waals surface area (Å²) in [6, 6.07) is 16.5. The Morgan fingerprint density at radius 1 is 0.889 bits per heavy atom. The minimum atomic E-state index is 0.0657. The predicted molar refractivity (Wildman–Crippen MR) is 156 cm³/mol. The molecule has 4 rings (SSSR count). The van der Waals surface area contributed by atoms with Crippen LogP contribution in [0.4, 0.5) is 5.69 Å². The van der Waals surface area contributed by atoms with Gasteiger partial charge < -0.3 is 4.98 Å². The third kappa shape index (κ3) is 7.36. The van der Waals surface area contributed by atoms with Gasteiger partial charge in [0.2, 0.25) is 0 Å². The number of H-pyrrole nitrogens is 1. The normalized spacial score (nSPS) is 16.2. The lowest BCUT2D eigenvalue weighted by Crippen LogP contribution is -2.30. The van der Waals surface area contributed by atoms with E-state index in [1.807, 2.05) is 29.3 Å². The predicted octanol–water partition coefficient (Wildman–Crippen LogP) is 9.00. The van der Waals surface area contributed by atoms with E-state index in [0.29, 0.717) is 0 Å². The summed E-state index contributed by atoms with van der Waals surface area (Å²) in [6.07, 6.45) is 16.8. The van der Waals surface area contributed by atoms with Crippen LogP contribution in [0.3, 0.4) is 0 Å². The van der Waals surface area contributed by atoms with Gasteiger partial charge in [-0.05, 0) is 72.5 Å². The molecule has 1 saturated heterocycles. The summed E-state index contributed by atoms with van der Waals surface area (Å²) in [5, 5.41) is 1.93. The molecule has 0 atom stereocenters. The zero-order chi connectivity index (χ0) is 25.2. The van der Waals surface area contributed by atoms with E-state index in [2.05, 4.69) is 55.2 Å². The second-order valence-corrected chi connectivity index (χ2v) is 10.8. The highest BCUT2D eigenvalue weighted by Crippen LogP contribution is 2.35. The number of amides is 1. The molecule has 0 spiro atoms. The third-order valence-corrected chi connectivity index (χ3v) is 7.76. The minimum Gasteiger partial charge on any atom is -0.361 e. The van der Waals surface area contributed by atoms with Crippen molar-refractivity contribution in [3.63, 3.8) is 0 Å². The van der Waals surface area contributed by atoms with Crippen molar-refractivity contribution in [1.29, 1.82) is 0 Å². The number of amidine groups is 1. The van der Waals surface area contributed by atoms with Crippen LogP contribution in [0.2, 0.25) is 0 Å². The molecule has 3 aromatic rings. The highest BCUT2D eigenvalue weighted by molar-refractivity contribution is 8.18. The molecule has 1 aromatic heterocycles. The van der Waals surface area contributed by atoms with Gasteiger partial charge in [0.05, 0.1) is 10.6 Å². The Kier molecular flexibility index (Phi) is 9.85. The second-order valence-electron chi connectivity index (χ2n) is 9.80. The van der Waals surface area contributed by atoms with E-state index < -0.39 is 0 Å². The molecule has 1 fully saturated rings. The second kappa shape index (κ2) is 13.5. The first-order valence-electron chi connectivity index (χ1n) is 13.6. The Morgan fingerprint density at radius 3 is 2.31 bits per heavy atom. The number of aryl methyl sites for hydroxylation is 1. The molecule has 190 valence electrons. The monoisotopic (exact) mass is 501 g/mol. The average Bonchev–Trinajstić information content (AvgIpc) is 3.46. The molecule has 0 bridgehead atoms. The fourth-order valence-electron chi connectivity index (χ4n) is 4.59. The number of aromatic amines is 1. The summed E-state index contributed by atoms with van der Waals surface area (Å²) in [6.45, 7) is 5.06. The highest BCUT2D eigenvalue weighted by Gasteiger charge is 2.33.